The van der Waals surface area contributed by atoms with E-state index in [2.05, 4.69) is 20.8 Å². The maximum atomic E-state index is 5.69. The third kappa shape index (κ3) is 5.12. The van der Waals surface area contributed by atoms with Gasteiger partial charge in [-0.3, -0.25) is 0 Å². The fourth-order valence-corrected chi connectivity index (χ4v) is 2.15. The SMILES string of the molecule is CCSC(CC)CC(C)N. The van der Waals surface area contributed by atoms with Crippen molar-refractivity contribution in [2.75, 3.05) is 5.75 Å². The first-order valence-corrected chi connectivity index (χ1v) is 5.12. The third-order valence-corrected chi connectivity index (χ3v) is 2.82. The zero-order chi connectivity index (χ0) is 7.98. The van der Waals surface area contributed by atoms with E-state index in [0.717, 1.165) is 11.7 Å². The molecule has 0 aliphatic rings. The molecule has 2 atom stereocenters. The molecule has 2 heteroatoms. The van der Waals surface area contributed by atoms with Crippen molar-refractivity contribution < 1.29 is 0 Å². The number of nitrogens with two attached hydrogens (primary N) is 1. The molecular weight excluding hydrogens is 142 g/mol. The van der Waals surface area contributed by atoms with Gasteiger partial charge >= 0.3 is 0 Å². The summed E-state index contributed by atoms with van der Waals surface area (Å²) >= 11 is 2.02. The van der Waals surface area contributed by atoms with Crippen LogP contribution >= 0.6 is 11.8 Å². The number of hydrogen-bond acceptors (Lipinski definition) is 2. The van der Waals surface area contributed by atoms with Gasteiger partial charge in [-0.05, 0) is 25.5 Å². The van der Waals surface area contributed by atoms with Crippen molar-refractivity contribution in [3.63, 3.8) is 0 Å². The highest BCUT2D eigenvalue weighted by Gasteiger charge is 2.07. The van der Waals surface area contributed by atoms with E-state index >= 15 is 0 Å². The molecule has 0 saturated carbocycles. The van der Waals surface area contributed by atoms with Crippen molar-refractivity contribution in [3.8, 4) is 0 Å². The quantitative estimate of drug-likeness (QED) is 0.669. The molecule has 0 spiro atoms. The molecule has 0 saturated heterocycles. The Morgan fingerprint density at radius 1 is 1.40 bits per heavy atom. The monoisotopic (exact) mass is 161 g/mol. The number of rotatable bonds is 5. The largest absolute Gasteiger partial charge is 0.328 e. The van der Waals surface area contributed by atoms with Crippen LogP contribution in [0.3, 0.4) is 0 Å². The van der Waals surface area contributed by atoms with Gasteiger partial charge in [-0.1, -0.05) is 13.8 Å². The van der Waals surface area contributed by atoms with Crippen molar-refractivity contribution in [2.24, 2.45) is 5.73 Å². The topological polar surface area (TPSA) is 26.0 Å². The first-order chi connectivity index (χ1) is 4.70. The lowest BCUT2D eigenvalue weighted by Crippen LogP contribution is -2.20. The zero-order valence-corrected chi connectivity index (χ0v) is 8.08. The molecule has 2 unspecified atom stereocenters. The van der Waals surface area contributed by atoms with Crippen LogP contribution in [0.4, 0.5) is 0 Å². The van der Waals surface area contributed by atoms with Crippen LogP contribution in [0.15, 0.2) is 0 Å². The Kier molecular flexibility index (Phi) is 6.24. The normalized spacial score (nSPS) is 16.8. The van der Waals surface area contributed by atoms with E-state index in [1.54, 1.807) is 0 Å². The van der Waals surface area contributed by atoms with E-state index in [9.17, 15) is 0 Å². The summed E-state index contributed by atoms with van der Waals surface area (Å²) in [7, 11) is 0. The molecule has 0 aromatic heterocycles. The minimum atomic E-state index is 0.365. The highest BCUT2D eigenvalue weighted by Crippen LogP contribution is 2.18. The first-order valence-electron chi connectivity index (χ1n) is 4.07. The van der Waals surface area contributed by atoms with Crippen LogP contribution in [0.2, 0.25) is 0 Å². The minimum absolute atomic E-state index is 0.365. The molecular formula is C8H19NS. The number of hydrogen-bond donors (Lipinski definition) is 1. The Balaban J connectivity index is 3.39. The van der Waals surface area contributed by atoms with Gasteiger partial charge in [0.15, 0.2) is 0 Å². The van der Waals surface area contributed by atoms with E-state index in [1.807, 2.05) is 11.8 Å². The molecule has 0 radical (unpaired) electrons. The van der Waals surface area contributed by atoms with Gasteiger partial charge in [-0.15, -0.1) is 0 Å². The van der Waals surface area contributed by atoms with Gasteiger partial charge in [0, 0.05) is 11.3 Å². The average Bonchev–Trinajstić information content (AvgIpc) is 1.86. The molecule has 62 valence electrons. The van der Waals surface area contributed by atoms with Crippen LogP contribution in [0.1, 0.15) is 33.6 Å². The summed E-state index contributed by atoms with van der Waals surface area (Å²) in [6.45, 7) is 6.52. The summed E-state index contributed by atoms with van der Waals surface area (Å²) in [6.07, 6.45) is 2.41. The van der Waals surface area contributed by atoms with Crippen LogP contribution in [0.25, 0.3) is 0 Å². The number of thioether (sulfide) groups is 1. The van der Waals surface area contributed by atoms with Crippen LogP contribution in [-0.2, 0) is 0 Å². The molecule has 10 heavy (non-hydrogen) atoms. The van der Waals surface area contributed by atoms with Gasteiger partial charge in [0.2, 0.25) is 0 Å². The zero-order valence-electron chi connectivity index (χ0n) is 7.26. The molecule has 0 heterocycles. The molecule has 0 bridgehead atoms. The first kappa shape index (κ1) is 10.3. The van der Waals surface area contributed by atoms with Crippen molar-refractivity contribution in [1.82, 2.24) is 0 Å². The summed E-state index contributed by atoms with van der Waals surface area (Å²) in [5.41, 5.74) is 5.69. The summed E-state index contributed by atoms with van der Waals surface area (Å²) in [4.78, 5) is 0. The highest BCUT2D eigenvalue weighted by molar-refractivity contribution is 7.99. The van der Waals surface area contributed by atoms with Gasteiger partial charge in [0.1, 0.15) is 0 Å². The van der Waals surface area contributed by atoms with E-state index in [-0.39, 0.29) is 0 Å². The van der Waals surface area contributed by atoms with Crippen LogP contribution in [-0.4, -0.2) is 17.0 Å². The van der Waals surface area contributed by atoms with Crippen molar-refractivity contribution in [2.45, 2.75) is 44.9 Å². The maximum absolute atomic E-state index is 5.69. The van der Waals surface area contributed by atoms with E-state index in [4.69, 9.17) is 5.73 Å². The van der Waals surface area contributed by atoms with E-state index < -0.39 is 0 Å². The maximum Gasteiger partial charge on any atom is 0.00589 e. The summed E-state index contributed by atoms with van der Waals surface area (Å²) < 4.78 is 0. The molecule has 0 aliphatic heterocycles. The van der Waals surface area contributed by atoms with Gasteiger partial charge in [0.25, 0.3) is 0 Å². The van der Waals surface area contributed by atoms with E-state index in [0.29, 0.717) is 6.04 Å². The average molecular weight is 161 g/mol. The second-order valence-corrected chi connectivity index (χ2v) is 4.28. The molecule has 0 rings (SSSR count). The highest BCUT2D eigenvalue weighted by atomic mass is 32.2. The Bertz CT molecular complexity index is 73.7. The second kappa shape index (κ2) is 6.05. The standard InChI is InChI=1S/C8H19NS/c1-4-8(10-5-2)6-7(3)9/h7-8H,4-6,9H2,1-3H3. The molecule has 0 aromatic carbocycles. The van der Waals surface area contributed by atoms with Crippen molar-refractivity contribution in [3.05, 3.63) is 0 Å². The van der Waals surface area contributed by atoms with E-state index in [1.165, 1.54) is 12.2 Å². The lowest BCUT2D eigenvalue weighted by molar-refractivity contribution is 0.628. The Morgan fingerprint density at radius 2 is 2.00 bits per heavy atom. The molecule has 0 aliphatic carbocycles. The van der Waals surface area contributed by atoms with Gasteiger partial charge in [-0.2, -0.15) is 11.8 Å². The summed E-state index contributed by atoms with van der Waals surface area (Å²) in [6, 6.07) is 0.365. The predicted octanol–water partition coefficient (Wildman–Crippen LogP) is 2.26. The van der Waals surface area contributed by atoms with Gasteiger partial charge < -0.3 is 5.73 Å². The second-order valence-electron chi connectivity index (χ2n) is 2.70. The smallest absolute Gasteiger partial charge is 0.00589 e. The molecule has 0 amide bonds. The van der Waals surface area contributed by atoms with Crippen molar-refractivity contribution in [1.29, 1.82) is 0 Å². The molecule has 0 fully saturated rings. The lowest BCUT2D eigenvalue weighted by atomic mass is 10.1. The Labute approximate surface area is 68.8 Å². The summed E-state index contributed by atoms with van der Waals surface area (Å²) in [5.74, 6) is 1.21. The third-order valence-electron chi connectivity index (χ3n) is 1.49. The van der Waals surface area contributed by atoms with Gasteiger partial charge in [-0.25, -0.2) is 0 Å². The summed E-state index contributed by atoms with van der Waals surface area (Å²) in [5, 5.41) is 0.782. The Hall–Kier alpha value is 0.310. The fourth-order valence-electron chi connectivity index (χ4n) is 1.00. The van der Waals surface area contributed by atoms with Crippen LogP contribution in [0.5, 0.6) is 0 Å². The van der Waals surface area contributed by atoms with Crippen LogP contribution < -0.4 is 5.73 Å². The van der Waals surface area contributed by atoms with Gasteiger partial charge in [0.05, 0.1) is 0 Å². The van der Waals surface area contributed by atoms with Crippen molar-refractivity contribution >= 4 is 11.8 Å². The predicted molar refractivity (Wildman–Crippen MR) is 50.5 cm³/mol. The molecule has 0 aromatic rings. The lowest BCUT2D eigenvalue weighted by Gasteiger charge is -2.15. The van der Waals surface area contributed by atoms with Crippen LogP contribution in [0, 0.1) is 0 Å². The molecule has 1 nitrogen and oxygen atoms in total. The Morgan fingerprint density at radius 3 is 2.30 bits per heavy atom. The minimum Gasteiger partial charge on any atom is -0.328 e. The fraction of sp³-hybridized carbons (Fsp3) is 1.00. The molecule has 2 N–H and O–H groups in total.